The summed E-state index contributed by atoms with van der Waals surface area (Å²) in [7, 11) is 0. The number of rotatable bonds is 2. The Morgan fingerprint density at radius 3 is 2.80 bits per heavy atom. The monoisotopic (exact) mass is 454 g/mol. The summed E-state index contributed by atoms with van der Waals surface area (Å²) in [5, 5.41) is 26.0. The predicted molar refractivity (Wildman–Crippen MR) is 106 cm³/mol. The molecule has 0 spiro atoms. The number of nitrogens with one attached hydrogen (secondary N) is 1. The van der Waals surface area contributed by atoms with Crippen LogP contribution in [0, 0.1) is 9.49 Å². The average molecular weight is 454 g/mol. The lowest BCUT2D eigenvalue weighted by Crippen LogP contribution is -2.71. The molecular weight excluding hydrogens is 427 g/mol. The molecule has 0 amide bonds. The summed E-state index contributed by atoms with van der Waals surface area (Å²) >= 11 is 2.23. The van der Waals surface area contributed by atoms with E-state index in [-0.39, 0.29) is 11.5 Å². The van der Waals surface area contributed by atoms with Crippen LogP contribution in [-0.2, 0) is 11.8 Å². The molecule has 1 saturated carbocycles. The van der Waals surface area contributed by atoms with Crippen LogP contribution in [0.25, 0.3) is 0 Å². The second-order valence-electron chi connectivity index (χ2n) is 8.63. The fraction of sp³-hybridized carbons (Fsp3) is 0.700. The second-order valence-corrected chi connectivity index (χ2v) is 9.79. The molecule has 5 rings (SSSR count). The molecule has 3 atom stereocenters. The number of hydrogen-bond acceptors (Lipinski definition) is 4. The van der Waals surface area contributed by atoms with Gasteiger partial charge in [0.15, 0.2) is 0 Å². The van der Waals surface area contributed by atoms with Gasteiger partial charge in [-0.05, 0) is 110 Å². The summed E-state index contributed by atoms with van der Waals surface area (Å²) < 4.78 is 0.928. The van der Waals surface area contributed by atoms with Gasteiger partial charge in [0, 0.05) is 18.0 Å². The Morgan fingerprint density at radius 2 is 2.00 bits per heavy atom. The van der Waals surface area contributed by atoms with Crippen molar-refractivity contribution in [3.8, 4) is 5.75 Å². The maximum Gasteiger partial charge on any atom is 0.129 e. The van der Waals surface area contributed by atoms with Crippen molar-refractivity contribution in [1.82, 2.24) is 10.2 Å². The molecule has 0 radical (unpaired) electrons. The number of phenolic OH excluding ortho intramolecular Hbond substituents is 1. The van der Waals surface area contributed by atoms with Crippen LogP contribution in [0.3, 0.4) is 0 Å². The molecule has 25 heavy (non-hydrogen) atoms. The zero-order valence-electron chi connectivity index (χ0n) is 14.6. The maximum atomic E-state index is 12.1. The van der Waals surface area contributed by atoms with E-state index in [1.165, 1.54) is 24.0 Å². The molecule has 2 saturated heterocycles. The van der Waals surface area contributed by atoms with Crippen molar-refractivity contribution in [3.63, 3.8) is 0 Å². The van der Waals surface area contributed by atoms with E-state index in [1.54, 1.807) is 0 Å². The molecule has 4 aliphatic rings. The summed E-state index contributed by atoms with van der Waals surface area (Å²) in [5.74, 6) is 1.22. The van der Waals surface area contributed by atoms with E-state index in [0.717, 1.165) is 61.4 Å². The highest BCUT2D eigenvalue weighted by Gasteiger charge is 2.62. The molecule has 1 aromatic carbocycles. The first-order valence-corrected chi connectivity index (χ1v) is 10.8. The molecule has 1 aromatic rings. The fourth-order valence-corrected chi connectivity index (χ4v) is 6.39. The van der Waals surface area contributed by atoms with Crippen LogP contribution >= 0.6 is 22.6 Å². The van der Waals surface area contributed by atoms with Gasteiger partial charge in [0.1, 0.15) is 5.75 Å². The summed E-state index contributed by atoms with van der Waals surface area (Å²) in [4.78, 5) is 2.60. The van der Waals surface area contributed by atoms with Gasteiger partial charge in [0.2, 0.25) is 0 Å². The zero-order valence-corrected chi connectivity index (χ0v) is 16.8. The largest absolute Gasteiger partial charge is 0.507 e. The zero-order chi connectivity index (χ0) is 17.2. The summed E-state index contributed by atoms with van der Waals surface area (Å²) in [5.41, 5.74) is 1.67. The topological polar surface area (TPSA) is 55.7 Å². The first-order valence-electron chi connectivity index (χ1n) is 9.72. The van der Waals surface area contributed by atoms with Gasteiger partial charge in [-0.3, -0.25) is 4.90 Å². The summed E-state index contributed by atoms with van der Waals surface area (Å²) in [6.45, 7) is 4.07. The van der Waals surface area contributed by atoms with Crippen LogP contribution < -0.4 is 5.32 Å². The maximum absolute atomic E-state index is 12.1. The van der Waals surface area contributed by atoms with Crippen molar-refractivity contribution in [3.05, 3.63) is 26.8 Å². The number of aromatic hydroxyl groups is 1. The van der Waals surface area contributed by atoms with Gasteiger partial charge in [-0.1, -0.05) is 0 Å². The van der Waals surface area contributed by atoms with Crippen LogP contribution in [0.2, 0.25) is 0 Å². The van der Waals surface area contributed by atoms with Crippen LogP contribution in [0.4, 0.5) is 0 Å². The highest BCUT2D eigenvalue weighted by atomic mass is 127. The lowest BCUT2D eigenvalue weighted by atomic mass is 9.52. The van der Waals surface area contributed by atoms with Gasteiger partial charge in [-0.15, -0.1) is 0 Å². The molecule has 4 nitrogen and oxygen atoms in total. The van der Waals surface area contributed by atoms with E-state index in [0.29, 0.717) is 5.75 Å². The summed E-state index contributed by atoms with van der Waals surface area (Å²) in [6.07, 6.45) is 6.40. The first kappa shape index (κ1) is 16.8. The van der Waals surface area contributed by atoms with Crippen molar-refractivity contribution in [2.75, 3.05) is 26.2 Å². The molecule has 2 aliphatic carbocycles. The van der Waals surface area contributed by atoms with E-state index in [2.05, 4.69) is 38.9 Å². The Labute approximate surface area is 163 Å². The molecule has 3 fully saturated rings. The highest BCUT2D eigenvalue weighted by Crippen LogP contribution is 2.56. The van der Waals surface area contributed by atoms with Crippen LogP contribution in [0.5, 0.6) is 5.75 Å². The Bertz CT molecular complexity index is 707. The molecule has 3 N–H and O–H groups in total. The van der Waals surface area contributed by atoms with Crippen molar-refractivity contribution < 1.29 is 10.2 Å². The predicted octanol–water partition coefficient (Wildman–Crippen LogP) is 2.39. The lowest BCUT2D eigenvalue weighted by molar-refractivity contribution is -0.149. The van der Waals surface area contributed by atoms with E-state index >= 15 is 0 Å². The van der Waals surface area contributed by atoms with Gasteiger partial charge in [0.05, 0.1) is 9.17 Å². The molecule has 0 unspecified atom stereocenters. The number of piperidine rings is 1. The van der Waals surface area contributed by atoms with Crippen LogP contribution in [0.1, 0.15) is 43.2 Å². The van der Waals surface area contributed by atoms with Crippen molar-refractivity contribution in [2.24, 2.45) is 5.92 Å². The van der Waals surface area contributed by atoms with Crippen LogP contribution in [-0.4, -0.2) is 52.9 Å². The lowest BCUT2D eigenvalue weighted by Gasteiger charge is -2.61. The standard InChI is InChI=1S/C20H27IN2O2/c21-16-9-14-10-18-20(25)4-7-22-6-3-19(20,15(14)11-17(16)24)5-8-23(18)12-13-1-2-13/h9,11,13,18,22,24-25H,1-8,10,12H2/t18-,19+,20-/m1/s1. The molecule has 2 aliphatic heterocycles. The SMILES string of the molecule is Oc1cc2c(cc1I)C[C@H]1N(CC3CC3)CC[C@@]23CCNCC[C@@]13O. The number of halogens is 1. The Hall–Kier alpha value is -0.370. The van der Waals surface area contributed by atoms with Crippen molar-refractivity contribution >= 4 is 22.6 Å². The van der Waals surface area contributed by atoms with Crippen LogP contribution in [0.15, 0.2) is 12.1 Å². The summed E-state index contributed by atoms with van der Waals surface area (Å²) in [6, 6.07) is 4.35. The third-order valence-electron chi connectivity index (χ3n) is 7.35. The molecule has 5 heteroatoms. The van der Waals surface area contributed by atoms with Gasteiger partial charge in [0.25, 0.3) is 0 Å². The number of hydrogen-bond donors (Lipinski definition) is 3. The number of nitrogens with zero attached hydrogens (tertiary/aromatic N) is 1. The number of fused-ring (bicyclic) bond motifs is 1. The van der Waals surface area contributed by atoms with E-state index in [4.69, 9.17) is 0 Å². The number of likely N-dealkylation sites (tertiary alicyclic amines) is 1. The van der Waals surface area contributed by atoms with Gasteiger partial charge >= 0.3 is 0 Å². The average Bonchev–Trinajstić information content (AvgIpc) is 3.39. The van der Waals surface area contributed by atoms with Gasteiger partial charge < -0.3 is 15.5 Å². The normalized spacial score (nSPS) is 37.9. The van der Waals surface area contributed by atoms with Crippen molar-refractivity contribution in [2.45, 2.75) is 55.6 Å². The molecule has 2 bridgehead atoms. The fourth-order valence-electron chi connectivity index (χ4n) is 5.86. The number of aliphatic hydroxyl groups is 1. The van der Waals surface area contributed by atoms with E-state index in [9.17, 15) is 10.2 Å². The minimum Gasteiger partial charge on any atom is -0.507 e. The first-order chi connectivity index (χ1) is 12.0. The quantitative estimate of drug-likeness (QED) is 0.601. The highest BCUT2D eigenvalue weighted by molar-refractivity contribution is 14.1. The minimum absolute atomic E-state index is 0.212. The van der Waals surface area contributed by atoms with E-state index in [1.807, 2.05) is 6.07 Å². The molecular formula is C20H27IN2O2. The Balaban J connectivity index is 1.66. The molecule has 136 valence electrons. The Morgan fingerprint density at radius 1 is 1.20 bits per heavy atom. The van der Waals surface area contributed by atoms with Gasteiger partial charge in [-0.2, -0.15) is 0 Å². The molecule has 0 aromatic heterocycles. The second kappa shape index (κ2) is 5.81. The van der Waals surface area contributed by atoms with Crippen molar-refractivity contribution in [1.29, 1.82) is 0 Å². The smallest absolute Gasteiger partial charge is 0.129 e. The third kappa shape index (κ3) is 2.42. The molecule has 2 heterocycles. The Kier molecular flexibility index (Phi) is 3.90. The number of phenols is 1. The van der Waals surface area contributed by atoms with Gasteiger partial charge in [-0.25, -0.2) is 0 Å². The van der Waals surface area contributed by atoms with E-state index < -0.39 is 5.60 Å². The minimum atomic E-state index is -0.685. The third-order valence-corrected chi connectivity index (χ3v) is 8.21. The number of benzene rings is 1.